The zero-order chi connectivity index (χ0) is 22.8. The van der Waals surface area contributed by atoms with Crippen LogP contribution in [0, 0.1) is 23.4 Å². The molecule has 0 radical (unpaired) electrons. The molecule has 4 rings (SSSR count). The van der Waals surface area contributed by atoms with Gasteiger partial charge in [0.15, 0.2) is 0 Å². The average Bonchev–Trinajstić information content (AvgIpc) is 2.74. The Morgan fingerprint density at radius 1 is 1.09 bits per heavy atom. The number of pyridine rings is 2. The summed E-state index contributed by atoms with van der Waals surface area (Å²) in [4.78, 5) is 22.9. The van der Waals surface area contributed by atoms with Gasteiger partial charge >= 0.3 is 0 Å². The Balaban J connectivity index is 1.64. The van der Waals surface area contributed by atoms with Gasteiger partial charge in [0, 0.05) is 25.3 Å². The van der Waals surface area contributed by atoms with Crippen molar-refractivity contribution in [3.63, 3.8) is 0 Å². The number of nitrogens with two attached hydrogens (primary N) is 1. The Labute approximate surface area is 183 Å². The van der Waals surface area contributed by atoms with E-state index in [1.165, 1.54) is 12.3 Å². The van der Waals surface area contributed by atoms with Gasteiger partial charge in [-0.25, -0.2) is 18.2 Å². The molecule has 2 unspecified atom stereocenters. The summed E-state index contributed by atoms with van der Waals surface area (Å²) in [5.74, 6) is -3.17. The second kappa shape index (κ2) is 8.96. The average molecular weight is 441 g/mol. The second-order valence-electron chi connectivity index (χ2n) is 7.98. The van der Waals surface area contributed by atoms with Crippen molar-refractivity contribution in [3.8, 4) is 11.3 Å². The first-order chi connectivity index (χ1) is 15.3. The third-order valence-corrected chi connectivity index (χ3v) is 5.36. The van der Waals surface area contributed by atoms with Crippen LogP contribution in [0.2, 0.25) is 0 Å². The maximum absolute atomic E-state index is 14.3. The Kier molecular flexibility index (Phi) is 6.09. The highest BCUT2D eigenvalue weighted by molar-refractivity contribution is 6.04. The lowest BCUT2D eigenvalue weighted by Gasteiger charge is -2.37. The number of aromatic nitrogens is 2. The van der Waals surface area contributed by atoms with Gasteiger partial charge in [0.05, 0.1) is 23.1 Å². The molecule has 1 aromatic carbocycles. The predicted octanol–water partition coefficient (Wildman–Crippen LogP) is 3.99. The molecule has 9 heteroatoms. The SMILES string of the molecule is CC1CC(N)CN(c2ccncc2NC(=O)c2ccc(F)c(-c3c(F)cccc3F)n2)C1. The fourth-order valence-electron chi connectivity index (χ4n) is 4.01. The van der Waals surface area contributed by atoms with Gasteiger partial charge in [-0.3, -0.25) is 9.78 Å². The number of anilines is 2. The molecule has 2 atom stereocenters. The standard InChI is InChI=1S/C23H22F3N5O/c1-13-9-14(27)12-31(11-13)20-7-8-28-10-19(20)30-23(32)18-6-5-17(26)22(29-18)21-15(24)3-2-4-16(21)25/h2-8,10,13-14H,9,11-12,27H2,1H3,(H,30,32). The molecular formula is C23H22F3N5O. The molecule has 0 spiro atoms. The first-order valence-corrected chi connectivity index (χ1v) is 10.2. The van der Waals surface area contributed by atoms with Crippen molar-refractivity contribution in [1.82, 2.24) is 9.97 Å². The number of benzene rings is 1. The number of nitrogens with zero attached hydrogens (tertiary/aromatic N) is 3. The van der Waals surface area contributed by atoms with E-state index in [4.69, 9.17) is 5.73 Å². The first-order valence-electron chi connectivity index (χ1n) is 10.2. The number of carbonyl (C=O) groups is 1. The largest absolute Gasteiger partial charge is 0.368 e. The van der Waals surface area contributed by atoms with Crippen molar-refractivity contribution in [1.29, 1.82) is 0 Å². The number of piperidine rings is 1. The highest BCUT2D eigenvalue weighted by Gasteiger charge is 2.25. The Morgan fingerprint density at radius 3 is 2.56 bits per heavy atom. The normalized spacial score (nSPS) is 18.5. The lowest BCUT2D eigenvalue weighted by Crippen LogP contribution is -2.46. The van der Waals surface area contributed by atoms with E-state index in [1.54, 1.807) is 12.3 Å². The number of halogens is 3. The molecule has 3 heterocycles. The van der Waals surface area contributed by atoms with Gasteiger partial charge in [-0.1, -0.05) is 13.0 Å². The van der Waals surface area contributed by atoms with Gasteiger partial charge in [0.2, 0.25) is 0 Å². The van der Waals surface area contributed by atoms with Crippen LogP contribution in [0.25, 0.3) is 11.3 Å². The molecule has 0 bridgehead atoms. The van der Waals surface area contributed by atoms with Crippen LogP contribution in [0.15, 0.2) is 48.8 Å². The van der Waals surface area contributed by atoms with Crippen molar-refractivity contribution < 1.29 is 18.0 Å². The molecule has 3 N–H and O–H groups in total. The van der Waals surface area contributed by atoms with Crippen LogP contribution in [-0.4, -0.2) is 35.0 Å². The van der Waals surface area contributed by atoms with Crippen molar-refractivity contribution in [2.75, 3.05) is 23.3 Å². The van der Waals surface area contributed by atoms with Crippen molar-refractivity contribution >= 4 is 17.3 Å². The van der Waals surface area contributed by atoms with E-state index >= 15 is 0 Å². The van der Waals surface area contributed by atoms with Gasteiger partial charge in [-0.15, -0.1) is 0 Å². The van der Waals surface area contributed by atoms with Crippen LogP contribution < -0.4 is 16.0 Å². The maximum atomic E-state index is 14.3. The van der Waals surface area contributed by atoms with E-state index in [1.807, 2.05) is 0 Å². The molecule has 6 nitrogen and oxygen atoms in total. The minimum atomic E-state index is -0.973. The van der Waals surface area contributed by atoms with Crippen LogP contribution in [-0.2, 0) is 0 Å². The topological polar surface area (TPSA) is 84.1 Å². The van der Waals surface area contributed by atoms with E-state index in [0.29, 0.717) is 18.2 Å². The summed E-state index contributed by atoms with van der Waals surface area (Å²) in [6, 6.07) is 7.06. The van der Waals surface area contributed by atoms with Gasteiger partial charge in [0.1, 0.15) is 28.8 Å². The van der Waals surface area contributed by atoms with E-state index in [9.17, 15) is 18.0 Å². The minimum absolute atomic E-state index is 0.00690. The quantitative estimate of drug-likeness (QED) is 0.640. The van der Waals surface area contributed by atoms with Gasteiger partial charge < -0.3 is 16.0 Å². The van der Waals surface area contributed by atoms with Crippen molar-refractivity contribution in [3.05, 3.63) is 71.9 Å². The lowest BCUT2D eigenvalue weighted by atomic mass is 9.96. The molecule has 32 heavy (non-hydrogen) atoms. The highest BCUT2D eigenvalue weighted by Crippen LogP contribution is 2.30. The molecule has 0 aliphatic carbocycles. The Hall–Kier alpha value is -3.46. The fourth-order valence-corrected chi connectivity index (χ4v) is 4.01. The molecule has 166 valence electrons. The number of amides is 1. The van der Waals surface area contributed by atoms with Crippen LogP contribution >= 0.6 is 0 Å². The molecule has 0 saturated carbocycles. The first kappa shape index (κ1) is 21.8. The summed E-state index contributed by atoms with van der Waals surface area (Å²) in [6.07, 6.45) is 4.03. The molecule has 1 amide bonds. The summed E-state index contributed by atoms with van der Waals surface area (Å²) in [5, 5.41) is 2.72. The third-order valence-electron chi connectivity index (χ3n) is 5.36. The monoisotopic (exact) mass is 441 g/mol. The number of hydrogen-bond donors (Lipinski definition) is 2. The van der Waals surface area contributed by atoms with Gasteiger partial charge in [-0.05, 0) is 42.7 Å². The minimum Gasteiger partial charge on any atom is -0.368 e. The van der Waals surface area contributed by atoms with Crippen LogP contribution in [0.5, 0.6) is 0 Å². The second-order valence-corrected chi connectivity index (χ2v) is 7.98. The molecule has 1 fully saturated rings. The summed E-state index contributed by atoms with van der Waals surface area (Å²) < 4.78 is 42.6. The summed E-state index contributed by atoms with van der Waals surface area (Å²) in [5.41, 5.74) is 5.94. The molecule has 1 saturated heterocycles. The zero-order valence-corrected chi connectivity index (χ0v) is 17.4. The zero-order valence-electron chi connectivity index (χ0n) is 17.4. The maximum Gasteiger partial charge on any atom is 0.274 e. The fraction of sp³-hybridized carbons (Fsp3) is 0.261. The lowest BCUT2D eigenvalue weighted by molar-refractivity contribution is 0.102. The van der Waals surface area contributed by atoms with E-state index in [0.717, 1.165) is 42.9 Å². The van der Waals surface area contributed by atoms with Gasteiger partial charge in [0.25, 0.3) is 5.91 Å². The van der Waals surface area contributed by atoms with Crippen LogP contribution in [0.3, 0.4) is 0 Å². The molecule has 2 aromatic heterocycles. The van der Waals surface area contributed by atoms with E-state index in [-0.39, 0.29) is 11.7 Å². The molecule has 1 aliphatic rings. The Bertz CT molecular complexity index is 1130. The molecule has 3 aromatic rings. The number of carbonyl (C=O) groups excluding carboxylic acids is 1. The summed E-state index contributed by atoms with van der Waals surface area (Å²) >= 11 is 0. The van der Waals surface area contributed by atoms with Crippen molar-refractivity contribution in [2.24, 2.45) is 11.7 Å². The molecule has 1 aliphatic heterocycles. The van der Waals surface area contributed by atoms with Crippen LogP contribution in [0.1, 0.15) is 23.8 Å². The van der Waals surface area contributed by atoms with E-state index in [2.05, 4.69) is 27.1 Å². The number of hydrogen-bond acceptors (Lipinski definition) is 5. The smallest absolute Gasteiger partial charge is 0.274 e. The predicted molar refractivity (Wildman–Crippen MR) is 116 cm³/mol. The van der Waals surface area contributed by atoms with Crippen molar-refractivity contribution in [2.45, 2.75) is 19.4 Å². The van der Waals surface area contributed by atoms with E-state index < -0.39 is 34.6 Å². The highest BCUT2D eigenvalue weighted by atomic mass is 19.1. The Morgan fingerprint density at radius 2 is 1.84 bits per heavy atom. The van der Waals surface area contributed by atoms with Gasteiger partial charge in [-0.2, -0.15) is 0 Å². The number of nitrogens with one attached hydrogen (secondary N) is 1. The third kappa shape index (κ3) is 4.43. The number of rotatable bonds is 4. The summed E-state index contributed by atoms with van der Waals surface area (Å²) in [6.45, 7) is 3.51. The van der Waals surface area contributed by atoms with Crippen LogP contribution in [0.4, 0.5) is 24.5 Å². The molecular weight excluding hydrogens is 419 g/mol. The summed E-state index contributed by atoms with van der Waals surface area (Å²) in [7, 11) is 0.